The first-order chi connectivity index (χ1) is 8.64. The van der Waals surface area contributed by atoms with Gasteiger partial charge in [-0.05, 0) is 12.8 Å². The molecular weight excluding hydrogens is 244 g/mol. The molecule has 0 heterocycles. The molecule has 0 saturated heterocycles. The maximum atomic E-state index is 10.9. The van der Waals surface area contributed by atoms with Crippen molar-refractivity contribution in [2.45, 2.75) is 12.8 Å². The highest BCUT2D eigenvalue weighted by Gasteiger charge is 2.30. The summed E-state index contributed by atoms with van der Waals surface area (Å²) in [4.78, 5) is 10.9. The van der Waals surface area contributed by atoms with Gasteiger partial charge in [0, 0.05) is 18.6 Å². The Balaban J connectivity index is 4.35. The highest BCUT2D eigenvalue weighted by Crippen LogP contribution is 2.27. The molecule has 0 atom stereocenters. The lowest BCUT2D eigenvalue weighted by Gasteiger charge is -2.31. The number of aliphatic hydroxyl groups is 3. The number of carbonyl (C=O) groups excluding carboxylic acids is 1. The second-order valence-electron chi connectivity index (χ2n) is 3.99. The summed E-state index contributed by atoms with van der Waals surface area (Å²) >= 11 is 0. The molecule has 0 fully saturated rings. The monoisotopic (exact) mass is 266 g/mol. The van der Waals surface area contributed by atoms with Crippen LogP contribution in [-0.4, -0.2) is 68.2 Å². The third-order valence-electron chi connectivity index (χ3n) is 2.64. The minimum atomic E-state index is -0.625. The lowest BCUT2D eigenvalue weighted by Crippen LogP contribution is -2.35. The van der Waals surface area contributed by atoms with Gasteiger partial charge in [-0.3, -0.25) is 0 Å². The minimum absolute atomic E-state index is 0.101. The Morgan fingerprint density at radius 3 is 2.06 bits per heavy atom. The van der Waals surface area contributed by atoms with Crippen LogP contribution in [0.5, 0.6) is 0 Å². The Labute approximate surface area is 106 Å². The number of aliphatic hydroxyl groups excluding tert-OH is 3. The molecule has 0 spiro atoms. The summed E-state index contributed by atoms with van der Waals surface area (Å²) in [5, 5.41) is 26.7. The molecule has 0 aromatic carbocycles. The SMILES string of the molecule is COC(=O)COCC(CCO)(CCO)COCO. The van der Waals surface area contributed by atoms with E-state index < -0.39 is 18.2 Å². The Morgan fingerprint density at radius 2 is 1.61 bits per heavy atom. The molecule has 0 rings (SSSR count). The minimum Gasteiger partial charge on any atom is -0.467 e. The second kappa shape index (κ2) is 10.2. The molecule has 0 aliphatic carbocycles. The maximum Gasteiger partial charge on any atom is 0.331 e. The van der Waals surface area contributed by atoms with Gasteiger partial charge in [0.25, 0.3) is 0 Å². The topological polar surface area (TPSA) is 105 Å². The molecule has 3 N–H and O–H groups in total. The van der Waals surface area contributed by atoms with Crippen molar-refractivity contribution in [1.82, 2.24) is 0 Å². The van der Waals surface area contributed by atoms with Crippen molar-refractivity contribution in [3.8, 4) is 0 Å². The molecule has 0 bridgehead atoms. The summed E-state index contributed by atoms with van der Waals surface area (Å²) in [6.07, 6.45) is 0.684. The van der Waals surface area contributed by atoms with Crippen LogP contribution >= 0.6 is 0 Å². The Morgan fingerprint density at radius 1 is 1.06 bits per heavy atom. The van der Waals surface area contributed by atoms with Crippen LogP contribution in [0.1, 0.15) is 12.8 Å². The molecular formula is C11H22O7. The molecule has 0 amide bonds. The van der Waals surface area contributed by atoms with E-state index >= 15 is 0 Å². The van der Waals surface area contributed by atoms with Gasteiger partial charge < -0.3 is 29.5 Å². The number of carbonyl (C=O) groups is 1. The van der Waals surface area contributed by atoms with Gasteiger partial charge in [-0.15, -0.1) is 0 Å². The van der Waals surface area contributed by atoms with Gasteiger partial charge in [-0.2, -0.15) is 0 Å². The molecule has 0 aromatic heterocycles. The van der Waals surface area contributed by atoms with Crippen LogP contribution in [0.2, 0.25) is 0 Å². The molecule has 0 radical (unpaired) electrons. The summed E-state index contributed by atoms with van der Waals surface area (Å²) in [6, 6.07) is 0. The zero-order valence-electron chi connectivity index (χ0n) is 10.6. The van der Waals surface area contributed by atoms with E-state index in [-0.39, 0.29) is 33.0 Å². The van der Waals surface area contributed by atoms with E-state index in [9.17, 15) is 4.79 Å². The first kappa shape index (κ1) is 17.3. The van der Waals surface area contributed by atoms with Gasteiger partial charge >= 0.3 is 5.97 Å². The maximum absolute atomic E-state index is 10.9. The van der Waals surface area contributed by atoms with Crippen LogP contribution in [0.15, 0.2) is 0 Å². The predicted octanol–water partition coefficient (Wildman–Crippen LogP) is -1.11. The lowest BCUT2D eigenvalue weighted by atomic mass is 9.83. The van der Waals surface area contributed by atoms with E-state index in [0.717, 1.165) is 0 Å². The van der Waals surface area contributed by atoms with Crippen molar-refractivity contribution in [3.63, 3.8) is 0 Å². The molecule has 7 heteroatoms. The third kappa shape index (κ3) is 6.87. The van der Waals surface area contributed by atoms with Gasteiger partial charge in [0.1, 0.15) is 13.4 Å². The molecule has 0 aliphatic heterocycles. The molecule has 7 nitrogen and oxygen atoms in total. The average Bonchev–Trinajstić information content (AvgIpc) is 2.36. The number of rotatable bonds is 11. The van der Waals surface area contributed by atoms with Gasteiger partial charge in [0.2, 0.25) is 0 Å². The number of methoxy groups -OCH3 is 1. The fraction of sp³-hybridized carbons (Fsp3) is 0.909. The van der Waals surface area contributed by atoms with E-state index in [0.29, 0.717) is 12.8 Å². The fourth-order valence-electron chi connectivity index (χ4n) is 1.60. The standard InChI is InChI=1S/C11H22O7/c1-16-10(15)6-17-7-11(2-4-12,3-5-13)8-18-9-14/h12-14H,2-9H2,1H3. The summed E-state index contributed by atoms with van der Waals surface area (Å²) in [7, 11) is 1.26. The van der Waals surface area contributed by atoms with Crippen molar-refractivity contribution in [3.05, 3.63) is 0 Å². The van der Waals surface area contributed by atoms with Crippen LogP contribution in [-0.2, 0) is 19.0 Å². The zero-order valence-corrected chi connectivity index (χ0v) is 10.6. The summed E-state index contributed by atoms with van der Waals surface area (Å²) in [5.41, 5.74) is -0.625. The molecule has 108 valence electrons. The molecule has 0 saturated carbocycles. The van der Waals surface area contributed by atoms with Crippen molar-refractivity contribution >= 4 is 5.97 Å². The Kier molecular flexibility index (Phi) is 9.80. The predicted molar refractivity (Wildman–Crippen MR) is 61.7 cm³/mol. The second-order valence-corrected chi connectivity index (χ2v) is 3.99. The summed E-state index contributed by atoms with van der Waals surface area (Å²) < 4.78 is 14.6. The van der Waals surface area contributed by atoms with E-state index in [2.05, 4.69) is 4.74 Å². The fourth-order valence-corrected chi connectivity index (χ4v) is 1.60. The first-order valence-corrected chi connectivity index (χ1v) is 5.69. The van der Waals surface area contributed by atoms with Gasteiger partial charge in [0.05, 0.1) is 20.3 Å². The van der Waals surface area contributed by atoms with E-state index in [1.165, 1.54) is 7.11 Å². The molecule has 0 unspecified atom stereocenters. The summed E-state index contributed by atoms with van der Waals surface area (Å²) in [6.45, 7) is -0.592. The van der Waals surface area contributed by atoms with Crippen LogP contribution in [0.3, 0.4) is 0 Å². The van der Waals surface area contributed by atoms with Crippen LogP contribution < -0.4 is 0 Å². The molecule has 0 aromatic rings. The normalized spacial score (nSPS) is 11.6. The lowest BCUT2D eigenvalue weighted by molar-refractivity contribution is -0.149. The van der Waals surface area contributed by atoms with Crippen molar-refractivity contribution < 1.29 is 34.3 Å². The van der Waals surface area contributed by atoms with Gasteiger partial charge in [0.15, 0.2) is 0 Å². The zero-order chi connectivity index (χ0) is 13.9. The molecule has 0 aliphatic rings. The Bertz CT molecular complexity index is 213. The van der Waals surface area contributed by atoms with Crippen molar-refractivity contribution in [1.29, 1.82) is 0 Å². The van der Waals surface area contributed by atoms with Crippen molar-refractivity contribution in [2.24, 2.45) is 5.41 Å². The van der Waals surface area contributed by atoms with E-state index in [1.54, 1.807) is 0 Å². The number of hydrogen-bond donors (Lipinski definition) is 3. The van der Waals surface area contributed by atoms with Crippen LogP contribution in [0, 0.1) is 5.41 Å². The number of esters is 1. The number of ether oxygens (including phenoxy) is 3. The Hall–Kier alpha value is -0.730. The van der Waals surface area contributed by atoms with E-state index in [4.69, 9.17) is 24.8 Å². The smallest absolute Gasteiger partial charge is 0.331 e. The average molecular weight is 266 g/mol. The first-order valence-electron chi connectivity index (χ1n) is 5.69. The number of hydrogen-bond acceptors (Lipinski definition) is 7. The third-order valence-corrected chi connectivity index (χ3v) is 2.64. The van der Waals surface area contributed by atoms with Crippen molar-refractivity contribution in [2.75, 3.05) is 46.9 Å². The molecule has 18 heavy (non-hydrogen) atoms. The quantitative estimate of drug-likeness (QED) is 0.322. The van der Waals surface area contributed by atoms with Crippen LogP contribution in [0.25, 0.3) is 0 Å². The highest BCUT2D eigenvalue weighted by atomic mass is 16.6. The largest absolute Gasteiger partial charge is 0.467 e. The summed E-state index contributed by atoms with van der Waals surface area (Å²) in [5.74, 6) is -0.500. The van der Waals surface area contributed by atoms with Gasteiger partial charge in [-0.1, -0.05) is 0 Å². The highest BCUT2D eigenvalue weighted by molar-refractivity contribution is 5.70. The van der Waals surface area contributed by atoms with Crippen LogP contribution in [0.4, 0.5) is 0 Å². The van der Waals surface area contributed by atoms with Gasteiger partial charge in [-0.25, -0.2) is 4.79 Å². The van der Waals surface area contributed by atoms with E-state index in [1.807, 2.05) is 0 Å².